The van der Waals surface area contributed by atoms with Crippen LogP contribution in [0.1, 0.15) is 50.6 Å². The van der Waals surface area contributed by atoms with Gasteiger partial charge in [0.2, 0.25) is 10.0 Å². The first-order valence-electron chi connectivity index (χ1n) is 6.87. The van der Waals surface area contributed by atoms with Gasteiger partial charge >= 0.3 is 0 Å². The molecule has 1 saturated carbocycles. The van der Waals surface area contributed by atoms with Crippen LogP contribution in [-0.2, 0) is 10.0 Å². The van der Waals surface area contributed by atoms with Crippen LogP contribution in [0.3, 0.4) is 0 Å². The van der Waals surface area contributed by atoms with E-state index in [2.05, 4.69) is 4.72 Å². The predicted octanol–water partition coefficient (Wildman–Crippen LogP) is 2.32. The number of hydrogen-bond acceptors (Lipinski definition) is 3. The molecule has 2 rings (SSSR count). The lowest BCUT2D eigenvalue weighted by Crippen LogP contribution is -2.36. The van der Waals surface area contributed by atoms with Gasteiger partial charge in [0.05, 0.1) is 4.90 Å². The summed E-state index contributed by atoms with van der Waals surface area (Å²) in [7, 11) is -3.39. The van der Waals surface area contributed by atoms with E-state index in [4.69, 9.17) is 5.73 Å². The summed E-state index contributed by atoms with van der Waals surface area (Å²) in [5.74, 6) is 0. The number of rotatable bonds is 4. The number of nitrogens with two attached hydrogens (primary N) is 1. The van der Waals surface area contributed by atoms with Gasteiger partial charge in [0.15, 0.2) is 0 Å². The average molecular weight is 282 g/mol. The van der Waals surface area contributed by atoms with Crippen LogP contribution in [0.5, 0.6) is 0 Å². The first kappa shape index (κ1) is 14.5. The fraction of sp³-hybridized carbons (Fsp3) is 0.571. The zero-order valence-corrected chi connectivity index (χ0v) is 12.1. The van der Waals surface area contributed by atoms with Gasteiger partial charge in [0.1, 0.15) is 0 Å². The number of hydrogen-bond donors (Lipinski definition) is 2. The van der Waals surface area contributed by atoms with E-state index >= 15 is 0 Å². The Morgan fingerprint density at radius 3 is 2.26 bits per heavy atom. The van der Waals surface area contributed by atoms with Crippen LogP contribution < -0.4 is 10.5 Å². The molecule has 4 nitrogen and oxygen atoms in total. The summed E-state index contributed by atoms with van der Waals surface area (Å²) < 4.78 is 27.3. The van der Waals surface area contributed by atoms with Gasteiger partial charge in [0.25, 0.3) is 0 Å². The maximum Gasteiger partial charge on any atom is 0.240 e. The lowest BCUT2D eigenvalue weighted by molar-refractivity contribution is 0.412. The molecule has 0 saturated heterocycles. The molecule has 19 heavy (non-hydrogen) atoms. The van der Waals surface area contributed by atoms with E-state index in [0.29, 0.717) is 4.90 Å². The van der Waals surface area contributed by atoms with Crippen molar-refractivity contribution in [1.82, 2.24) is 4.72 Å². The van der Waals surface area contributed by atoms with Crippen LogP contribution in [0.4, 0.5) is 0 Å². The molecule has 0 aliphatic heterocycles. The lowest BCUT2D eigenvalue weighted by Gasteiger charge is -2.22. The van der Waals surface area contributed by atoms with Crippen molar-refractivity contribution in [3.63, 3.8) is 0 Å². The van der Waals surface area contributed by atoms with Crippen LogP contribution in [-0.4, -0.2) is 14.5 Å². The van der Waals surface area contributed by atoms with Crippen molar-refractivity contribution < 1.29 is 8.42 Å². The number of nitrogens with one attached hydrogen (secondary N) is 1. The third-order valence-corrected chi connectivity index (χ3v) is 5.18. The molecule has 1 atom stereocenters. The van der Waals surface area contributed by atoms with Gasteiger partial charge in [-0.3, -0.25) is 0 Å². The van der Waals surface area contributed by atoms with Crippen molar-refractivity contribution in [2.45, 2.75) is 56.0 Å². The Morgan fingerprint density at radius 1 is 1.16 bits per heavy atom. The summed E-state index contributed by atoms with van der Waals surface area (Å²) in [6.07, 6.45) is 5.31. The summed E-state index contributed by atoms with van der Waals surface area (Å²) in [5.41, 5.74) is 6.70. The second-order valence-corrected chi connectivity index (χ2v) is 7.03. The van der Waals surface area contributed by atoms with E-state index < -0.39 is 10.0 Å². The maximum absolute atomic E-state index is 12.2. The zero-order chi connectivity index (χ0) is 13.9. The Kier molecular flexibility index (Phi) is 4.60. The first-order chi connectivity index (χ1) is 8.99. The Labute approximate surface area is 115 Å². The van der Waals surface area contributed by atoms with Crippen LogP contribution in [0, 0.1) is 0 Å². The fourth-order valence-electron chi connectivity index (χ4n) is 2.46. The van der Waals surface area contributed by atoms with E-state index in [9.17, 15) is 8.42 Å². The van der Waals surface area contributed by atoms with E-state index in [1.54, 1.807) is 24.3 Å². The lowest BCUT2D eigenvalue weighted by atomic mass is 9.96. The monoisotopic (exact) mass is 282 g/mol. The summed E-state index contributed by atoms with van der Waals surface area (Å²) in [4.78, 5) is 0.322. The van der Waals surface area contributed by atoms with Gasteiger partial charge in [-0.2, -0.15) is 0 Å². The van der Waals surface area contributed by atoms with Gasteiger partial charge in [-0.05, 0) is 37.5 Å². The average Bonchev–Trinajstić information content (AvgIpc) is 2.39. The smallest absolute Gasteiger partial charge is 0.240 e. The molecule has 5 heteroatoms. The highest BCUT2D eigenvalue weighted by Crippen LogP contribution is 2.20. The molecule has 0 aromatic heterocycles. The highest BCUT2D eigenvalue weighted by Gasteiger charge is 2.21. The summed E-state index contributed by atoms with van der Waals surface area (Å²) in [5, 5.41) is 0. The molecule has 0 spiro atoms. The predicted molar refractivity (Wildman–Crippen MR) is 76.2 cm³/mol. The van der Waals surface area contributed by atoms with Crippen molar-refractivity contribution in [2.24, 2.45) is 5.73 Å². The normalized spacial score (nSPS) is 19.3. The molecule has 0 heterocycles. The molecule has 1 fully saturated rings. The third kappa shape index (κ3) is 3.78. The molecule has 0 amide bonds. The van der Waals surface area contributed by atoms with Crippen LogP contribution in [0.15, 0.2) is 29.2 Å². The van der Waals surface area contributed by atoms with Crippen LogP contribution in [0.25, 0.3) is 0 Å². The van der Waals surface area contributed by atoms with Crippen LogP contribution in [0.2, 0.25) is 0 Å². The Morgan fingerprint density at radius 2 is 1.74 bits per heavy atom. The number of sulfonamides is 1. The topological polar surface area (TPSA) is 72.2 Å². The van der Waals surface area contributed by atoms with Crippen molar-refractivity contribution in [3.8, 4) is 0 Å². The van der Waals surface area contributed by atoms with Gasteiger partial charge in [-0.1, -0.05) is 31.4 Å². The molecular weight excluding hydrogens is 260 g/mol. The number of benzene rings is 1. The fourth-order valence-corrected chi connectivity index (χ4v) is 3.76. The first-order valence-corrected chi connectivity index (χ1v) is 8.35. The largest absolute Gasteiger partial charge is 0.324 e. The third-order valence-electron chi connectivity index (χ3n) is 3.64. The molecule has 1 aromatic rings. The van der Waals surface area contributed by atoms with Gasteiger partial charge in [-0.25, -0.2) is 13.1 Å². The van der Waals surface area contributed by atoms with Crippen molar-refractivity contribution >= 4 is 10.0 Å². The Hall–Kier alpha value is -0.910. The molecule has 1 unspecified atom stereocenters. The van der Waals surface area contributed by atoms with Crippen molar-refractivity contribution in [2.75, 3.05) is 0 Å². The Balaban J connectivity index is 2.10. The van der Waals surface area contributed by atoms with Gasteiger partial charge in [-0.15, -0.1) is 0 Å². The minimum atomic E-state index is -3.39. The molecule has 1 aromatic carbocycles. The quantitative estimate of drug-likeness (QED) is 0.890. The van der Waals surface area contributed by atoms with E-state index in [1.165, 1.54) is 6.42 Å². The molecule has 0 bridgehead atoms. The second-order valence-electron chi connectivity index (χ2n) is 5.31. The molecule has 1 aliphatic rings. The van der Waals surface area contributed by atoms with Gasteiger partial charge in [0, 0.05) is 12.1 Å². The highest BCUT2D eigenvalue weighted by molar-refractivity contribution is 7.89. The molecule has 106 valence electrons. The van der Waals surface area contributed by atoms with E-state index in [0.717, 1.165) is 31.2 Å². The zero-order valence-electron chi connectivity index (χ0n) is 11.3. The van der Waals surface area contributed by atoms with Crippen molar-refractivity contribution in [1.29, 1.82) is 0 Å². The minimum Gasteiger partial charge on any atom is -0.324 e. The standard InChI is InChI=1S/C14H22N2O2S/c1-11(15)12-7-9-14(10-8-12)19(17,18)16-13-5-3-2-4-6-13/h7-11,13,16H,2-6,15H2,1H3. The maximum atomic E-state index is 12.2. The second kappa shape index (κ2) is 6.03. The molecule has 0 radical (unpaired) electrons. The van der Waals surface area contributed by atoms with Crippen LogP contribution >= 0.6 is 0 Å². The highest BCUT2D eigenvalue weighted by atomic mass is 32.2. The Bertz CT molecular complexity index is 503. The molecule has 1 aliphatic carbocycles. The summed E-state index contributed by atoms with van der Waals surface area (Å²) >= 11 is 0. The molecule has 3 N–H and O–H groups in total. The summed E-state index contributed by atoms with van der Waals surface area (Å²) in [6, 6.07) is 6.82. The van der Waals surface area contributed by atoms with Crippen molar-refractivity contribution in [3.05, 3.63) is 29.8 Å². The minimum absolute atomic E-state index is 0.0805. The van der Waals surface area contributed by atoms with Gasteiger partial charge < -0.3 is 5.73 Å². The summed E-state index contributed by atoms with van der Waals surface area (Å²) in [6.45, 7) is 1.88. The van der Waals surface area contributed by atoms with E-state index in [1.807, 2.05) is 6.92 Å². The molecular formula is C14H22N2O2S. The van der Waals surface area contributed by atoms with E-state index in [-0.39, 0.29) is 12.1 Å². The SMILES string of the molecule is CC(N)c1ccc(S(=O)(=O)NC2CCCCC2)cc1.